The van der Waals surface area contributed by atoms with Crippen molar-refractivity contribution in [3.63, 3.8) is 0 Å². The number of nitrogen functional groups attached to an aromatic ring is 1. The van der Waals surface area contributed by atoms with Gasteiger partial charge >= 0.3 is 0 Å². The van der Waals surface area contributed by atoms with E-state index < -0.39 is 0 Å². The van der Waals surface area contributed by atoms with Gasteiger partial charge in [0, 0.05) is 26.2 Å². The zero-order valence-corrected chi connectivity index (χ0v) is 12.3. The highest BCUT2D eigenvalue weighted by molar-refractivity contribution is 5.42. The summed E-state index contributed by atoms with van der Waals surface area (Å²) in [6.07, 6.45) is 2.68. The molecule has 1 aliphatic rings. The number of nitrogens with two attached hydrogens (primary N) is 1. The zero-order chi connectivity index (χ0) is 13.8. The minimum absolute atomic E-state index is 0.443. The largest absolute Gasteiger partial charge is 0.383 e. The first-order valence-electron chi connectivity index (χ1n) is 7.16. The number of nitrogens with zero attached hydrogens (tertiary/aromatic N) is 2. The lowest BCUT2D eigenvalue weighted by Gasteiger charge is -2.31. The Labute approximate surface area is 116 Å². The Hall–Kier alpha value is -1.13. The Balaban J connectivity index is 1.94. The summed E-state index contributed by atoms with van der Waals surface area (Å²) in [5, 5.41) is 0. The predicted octanol–water partition coefficient (Wildman–Crippen LogP) is 2.28. The topological polar surface area (TPSA) is 51.4 Å². The number of piperidine rings is 1. The number of pyridine rings is 1. The second-order valence-corrected chi connectivity index (χ2v) is 5.38. The van der Waals surface area contributed by atoms with Crippen LogP contribution in [0.2, 0.25) is 0 Å². The molecule has 2 heterocycles. The molecule has 0 radical (unpaired) electrons. The molecule has 4 heteroatoms. The molecule has 0 amide bonds. The van der Waals surface area contributed by atoms with Gasteiger partial charge in [-0.25, -0.2) is 4.98 Å². The van der Waals surface area contributed by atoms with Gasteiger partial charge in [0.2, 0.25) is 0 Å². The van der Waals surface area contributed by atoms with Crippen molar-refractivity contribution in [1.82, 2.24) is 9.88 Å². The molecule has 0 spiro atoms. The normalized spacial score (nSPS) is 17.8. The molecule has 19 heavy (non-hydrogen) atoms. The Bertz CT molecular complexity index is 426. The molecule has 2 N–H and O–H groups in total. The average molecular weight is 263 g/mol. The molecule has 4 nitrogen and oxygen atoms in total. The van der Waals surface area contributed by atoms with Crippen molar-refractivity contribution in [1.29, 1.82) is 0 Å². The summed E-state index contributed by atoms with van der Waals surface area (Å²) in [7, 11) is 0. The Morgan fingerprint density at radius 2 is 2.00 bits per heavy atom. The number of aryl methyl sites for hydroxylation is 2. The summed E-state index contributed by atoms with van der Waals surface area (Å²) in [6, 6.07) is 2.13. The van der Waals surface area contributed by atoms with Crippen LogP contribution < -0.4 is 5.73 Å². The number of rotatable bonds is 4. The van der Waals surface area contributed by atoms with Crippen molar-refractivity contribution >= 4 is 5.82 Å². The van der Waals surface area contributed by atoms with Crippen molar-refractivity contribution in [2.24, 2.45) is 0 Å². The van der Waals surface area contributed by atoms with Crippen LogP contribution in [0, 0.1) is 13.8 Å². The summed E-state index contributed by atoms with van der Waals surface area (Å²) in [5.41, 5.74) is 9.32. The van der Waals surface area contributed by atoms with Crippen LogP contribution in [0.25, 0.3) is 0 Å². The van der Waals surface area contributed by atoms with E-state index in [4.69, 9.17) is 10.5 Å². The molecule has 1 saturated heterocycles. The van der Waals surface area contributed by atoms with Gasteiger partial charge in [-0.1, -0.05) is 6.07 Å². The fourth-order valence-electron chi connectivity index (χ4n) is 2.65. The van der Waals surface area contributed by atoms with Crippen molar-refractivity contribution in [3.8, 4) is 0 Å². The Kier molecular flexibility index (Phi) is 4.77. The Morgan fingerprint density at radius 3 is 2.63 bits per heavy atom. The van der Waals surface area contributed by atoms with E-state index in [1.807, 2.05) is 6.92 Å². The summed E-state index contributed by atoms with van der Waals surface area (Å²) < 4.78 is 5.68. The first-order valence-corrected chi connectivity index (χ1v) is 7.16. The molecule has 0 unspecified atom stereocenters. The maximum atomic E-state index is 5.91. The third kappa shape index (κ3) is 3.67. The SMILES string of the molecule is CCOC1CCN(Cc2nc(N)c(C)cc2C)CC1. The molecule has 106 valence electrons. The van der Waals surface area contributed by atoms with Gasteiger partial charge in [-0.15, -0.1) is 0 Å². The van der Waals surface area contributed by atoms with Crippen LogP contribution in [0.4, 0.5) is 5.82 Å². The summed E-state index contributed by atoms with van der Waals surface area (Å²) in [5.74, 6) is 0.657. The molecule has 1 aromatic rings. The van der Waals surface area contributed by atoms with Crippen molar-refractivity contribution in [2.45, 2.75) is 46.3 Å². The van der Waals surface area contributed by atoms with Crippen LogP contribution in [-0.2, 0) is 11.3 Å². The van der Waals surface area contributed by atoms with Gasteiger partial charge in [0.15, 0.2) is 0 Å². The number of aromatic nitrogens is 1. The highest BCUT2D eigenvalue weighted by Crippen LogP contribution is 2.19. The second-order valence-electron chi connectivity index (χ2n) is 5.38. The maximum Gasteiger partial charge on any atom is 0.126 e. The van der Waals surface area contributed by atoms with Crippen LogP contribution in [0.15, 0.2) is 6.07 Å². The highest BCUT2D eigenvalue weighted by atomic mass is 16.5. The van der Waals surface area contributed by atoms with E-state index >= 15 is 0 Å². The molecular formula is C15H25N3O. The molecule has 2 rings (SSSR count). The lowest BCUT2D eigenvalue weighted by Crippen LogP contribution is -2.37. The highest BCUT2D eigenvalue weighted by Gasteiger charge is 2.20. The van der Waals surface area contributed by atoms with Gasteiger partial charge in [0.25, 0.3) is 0 Å². The molecule has 0 saturated carbocycles. The van der Waals surface area contributed by atoms with E-state index in [1.54, 1.807) is 0 Å². The maximum absolute atomic E-state index is 5.91. The minimum Gasteiger partial charge on any atom is -0.383 e. The van der Waals surface area contributed by atoms with Crippen LogP contribution in [0.1, 0.15) is 36.6 Å². The van der Waals surface area contributed by atoms with Crippen LogP contribution in [-0.4, -0.2) is 35.7 Å². The monoisotopic (exact) mass is 263 g/mol. The molecule has 0 aromatic carbocycles. The van der Waals surface area contributed by atoms with Gasteiger partial charge in [-0.3, -0.25) is 4.90 Å². The Morgan fingerprint density at radius 1 is 1.32 bits per heavy atom. The average Bonchev–Trinajstić information content (AvgIpc) is 2.38. The van der Waals surface area contributed by atoms with Gasteiger partial charge in [-0.2, -0.15) is 0 Å². The van der Waals surface area contributed by atoms with Gasteiger partial charge in [0.05, 0.1) is 11.8 Å². The number of hydrogen-bond acceptors (Lipinski definition) is 4. The summed E-state index contributed by atoms with van der Waals surface area (Å²) in [4.78, 5) is 6.97. The van der Waals surface area contributed by atoms with Crippen LogP contribution in [0.3, 0.4) is 0 Å². The zero-order valence-electron chi connectivity index (χ0n) is 12.3. The lowest BCUT2D eigenvalue weighted by molar-refractivity contribution is 0.0122. The van der Waals surface area contributed by atoms with E-state index in [0.29, 0.717) is 11.9 Å². The van der Waals surface area contributed by atoms with Crippen molar-refractivity contribution < 1.29 is 4.74 Å². The first kappa shape index (κ1) is 14.3. The van der Waals surface area contributed by atoms with E-state index in [1.165, 1.54) is 5.56 Å². The fourth-order valence-corrected chi connectivity index (χ4v) is 2.65. The fraction of sp³-hybridized carbons (Fsp3) is 0.667. The second kappa shape index (κ2) is 6.35. The van der Waals surface area contributed by atoms with E-state index in [2.05, 4.69) is 29.8 Å². The van der Waals surface area contributed by atoms with Gasteiger partial charge in [-0.05, 0) is 44.7 Å². The lowest BCUT2D eigenvalue weighted by atomic mass is 10.1. The van der Waals surface area contributed by atoms with Gasteiger partial charge < -0.3 is 10.5 Å². The first-order chi connectivity index (χ1) is 9.10. The number of likely N-dealkylation sites (tertiary alicyclic amines) is 1. The van der Waals surface area contributed by atoms with E-state index in [0.717, 1.165) is 50.3 Å². The van der Waals surface area contributed by atoms with E-state index in [9.17, 15) is 0 Å². The minimum atomic E-state index is 0.443. The molecule has 1 fully saturated rings. The number of hydrogen-bond donors (Lipinski definition) is 1. The summed E-state index contributed by atoms with van der Waals surface area (Å²) in [6.45, 7) is 10.1. The molecule has 1 aliphatic heterocycles. The molecule has 1 aromatic heterocycles. The third-order valence-electron chi connectivity index (χ3n) is 3.86. The molecule has 0 aliphatic carbocycles. The standard InChI is InChI=1S/C15H25N3O/c1-4-19-13-5-7-18(8-6-13)10-14-11(2)9-12(3)15(16)17-14/h9,13H,4-8,10H2,1-3H3,(H2,16,17). The molecule has 0 bridgehead atoms. The summed E-state index contributed by atoms with van der Waals surface area (Å²) >= 11 is 0. The quantitative estimate of drug-likeness (QED) is 0.905. The van der Waals surface area contributed by atoms with Crippen LogP contribution in [0.5, 0.6) is 0 Å². The predicted molar refractivity (Wildman–Crippen MR) is 78.0 cm³/mol. The molecule has 0 atom stereocenters. The van der Waals surface area contributed by atoms with Gasteiger partial charge in [0.1, 0.15) is 5.82 Å². The van der Waals surface area contributed by atoms with Crippen molar-refractivity contribution in [2.75, 3.05) is 25.4 Å². The molecular weight excluding hydrogens is 238 g/mol. The number of ether oxygens (including phenoxy) is 1. The van der Waals surface area contributed by atoms with Crippen LogP contribution >= 0.6 is 0 Å². The smallest absolute Gasteiger partial charge is 0.126 e. The van der Waals surface area contributed by atoms with E-state index in [-0.39, 0.29) is 0 Å². The third-order valence-corrected chi connectivity index (χ3v) is 3.86. The number of anilines is 1. The van der Waals surface area contributed by atoms with Crippen molar-refractivity contribution in [3.05, 3.63) is 22.9 Å².